The van der Waals surface area contributed by atoms with Crippen LogP contribution in [0.1, 0.15) is 25.8 Å². The number of benzene rings is 1. The van der Waals surface area contributed by atoms with Gasteiger partial charge in [-0.2, -0.15) is 0 Å². The van der Waals surface area contributed by atoms with Crippen molar-refractivity contribution in [1.29, 1.82) is 0 Å². The summed E-state index contributed by atoms with van der Waals surface area (Å²) in [7, 11) is 1.56. The molecule has 0 saturated heterocycles. The van der Waals surface area contributed by atoms with Gasteiger partial charge in [0.2, 0.25) is 0 Å². The maximum Gasteiger partial charge on any atom is 0.313 e. The predicted molar refractivity (Wildman–Crippen MR) is 68.0 cm³/mol. The first kappa shape index (κ1) is 12.5. The van der Waals surface area contributed by atoms with E-state index in [1.54, 1.807) is 20.1 Å². The maximum atomic E-state index is 11.5. The second-order valence-electron chi connectivity index (χ2n) is 4.48. The van der Waals surface area contributed by atoms with Gasteiger partial charge in [-0.15, -0.1) is 0 Å². The fourth-order valence-corrected chi connectivity index (χ4v) is 2.08. The van der Waals surface area contributed by atoms with Crippen molar-refractivity contribution in [1.82, 2.24) is 0 Å². The topological polar surface area (TPSA) is 59.7 Å². The van der Waals surface area contributed by atoms with E-state index in [0.29, 0.717) is 23.3 Å². The van der Waals surface area contributed by atoms with Gasteiger partial charge in [0.05, 0.1) is 18.8 Å². The van der Waals surface area contributed by atoms with Gasteiger partial charge in [-0.05, 0) is 19.4 Å². The molecule has 2 aromatic rings. The van der Waals surface area contributed by atoms with Crippen LogP contribution in [-0.2, 0) is 10.2 Å². The lowest BCUT2D eigenvalue weighted by Gasteiger charge is -2.21. The van der Waals surface area contributed by atoms with E-state index < -0.39 is 11.4 Å². The second-order valence-corrected chi connectivity index (χ2v) is 4.48. The van der Waals surface area contributed by atoms with Crippen LogP contribution in [0.25, 0.3) is 11.0 Å². The van der Waals surface area contributed by atoms with Gasteiger partial charge in [0.15, 0.2) is 11.3 Å². The van der Waals surface area contributed by atoms with Gasteiger partial charge in [0, 0.05) is 10.9 Å². The lowest BCUT2D eigenvalue weighted by molar-refractivity contribution is -0.143. The first-order chi connectivity index (χ1) is 8.54. The molecule has 4 heteroatoms. The number of carbonyl (C=O) groups is 1. The number of para-hydroxylation sites is 1. The molecule has 1 aromatic heterocycles. The van der Waals surface area contributed by atoms with Crippen molar-refractivity contribution in [2.45, 2.75) is 25.7 Å². The molecule has 0 bridgehead atoms. The molecule has 1 heterocycles. The molecule has 1 unspecified atom stereocenters. The molecule has 0 saturated carbocycles. The highest BCUT2D eigenvalue weighted by Crippen LogP contribution is 2.38. The average Bonchev–Trinajstić information content (AvgIpc) is 2.81. The number of furan rings is 1. The third-order valence-electron chi connectivity index (χ3n) is 3.56. The molecule has 0 aliphatic rings. The Bertz CT molecular complexity index is 584. The zero-order valence-electron chi connectivity index (χ0n) is 10.7. The molecule has 0 amide bonds. The van der Waals surface area contributed by atoms with E-state index in [9.17, 15) is 9.90 Å². The first-order valence-electron chi connectivity index (χ1n) is 5.82. The SMILES string of the molecule is CCC(C)(C(=O)O)c1coc2c(OC)cccc12. The number of methoxy groups -OCH3 is 1. The van der Waals surface area contributed by atoms with Crippen molar-refractivity contribution < 1.29 is 19.1 Å². The molecule has 2 rings (SSSR count). The van der Waals surface area contributed by atoms with Crippen molar-refractivity contribution in [2.75, 3.05) is 7.11 Å². The largest absolute Gasteiger partial charge is 0.493 e. The van der Waals surface area contributed by atoms with Gasteiger partial charge in [-0.3, -0.25) is 4.79 Å². The Morgan fingerprint density at radius 1 is 1.50 bits per heavy atom. The molecule has 0 aliphatic carbocycles. The Labute approximate surface area is 105 Å². The smallest absolute Gasteiger partial charge is 0.313 e. The molecule has 0 spiro atoms. The van der Waals surface area contributed by atoms with Crippen LogP contribution >= 0.6 is 0 Å². The summed E-state index contributed by atoms with van der Waals surface area (Å²) >= 11 is 0. The van der Waals surface area contributed by atoms with Gasteiger partial charge in [0.1, 0.15) is 0 Å². The number of hydrogen-bond donors (Lipinski definition) is 1. The van der Waals surface area contributed by atoms with Crippen molar-refractivity contribution in [3.8, 4) is 5.75 Å². The third kappa shape index (κ3) is 1.65. The predicted octanol–water partition coefficient (Wildman–Crippen LogP) is 3.19. The molecule has 18 heavy (non-hydrogen) atoms. The number of rotatable bonds is 4. The minimum atomic E-state index is -0.947. The Morgan fingerprint density at radius 2 is 2.22 bits per heavy atom. The lowest BCUT2D eigenvalue weighted by atomic mass is 9.80. The van der Waals surface area contributed by atoms with E-state index in [1.807, 2.05) is 19.1 Å². The van der Waals surface area contributed by atoms with E-state index in [2.05, 4.69) is 0 Å². The standard InChI is InChI=1S/C14H16O4/c1-4-14(2,13(15)16)10-8-18-12-9(10)6-5-7-11(12)17-3/h5-8H,4H2,1-3H3,(H,15,16). The van der Waals surface area contributed by atoms with Crippen LogP contribution in [0, 0.1) is 0 Å². The number of carboxylic acids is 1. The summed E-state index contributed by atoms with van der Waals surface area (Å²) in [5.74, 6) is -0.238. The summed E-state index contributed by atoms with van der Waals surface area (Å²) in [6.45, 7) is 3.56. The van der Waals surface area contributed by atoms with Crippen molar-refractivity contribution in [3.63, 3.8) is 0 Å². The van der Waals surface area contributed by atoms with Crippen LogP contribution in [0.5, 0.6) is 5.75 Å². The van der Waals surface area contributed by atoms with E-state index in [1.165, 1.54) is 6.26 Å². The van der Waals surface area contributed by atoms with E-state index in [-0.39, 0.29) is 0 Å². The van der Waals surface area contributed by atoms with E-state index in [0.717, 1.165) is 5.39 Å². The third-order valence-corrected chi connectivity index (χ3v) is 3.56. The average molecular weight is 248 g/mol. The molecule has 96 valence electrons. The van der Waals surface area contributed by atoms with Gasteiger partial charge < -0.3 is 14.3 Å². The highest BCUT2D eigenvalue weighted by molar-refractivity contribution is 5.93. The van der Waals surface area contributed by atoms with Crippen LogP contribution < -0.4 is 4.74 Å². The van der Waals surface area contributed by atoms with Crippen LogP contribution in [-0.4, -0.2) is 18.2 Å². The van der Waals surface area contributed by atoms with Gasteiger partial charge in [-0.25, -0.2) is 0 Å². The maximum absolute atomic E-state index is 11.5. The molecule has 1 aromatic carbocycles. The van der Waals surface area contributed by atoms with E-state index >= 15 is 0 Å². The Balaban J connectivity index is 2.70. The monoisotopic (exact) mass is 248 g/mol. The Hall–Kier alpha value is -1.97. The number of ether oxygens (including phenoxy) is 1. The number of carboxylic acid groups (broad SMARTS) is 1. The van der Waals surface area contributed by atoms with Crippen molar-refractivity contribution in [3.05, 3.63) is 30.0 Å². The molecule has 1 N–H and O–H groups in total. The quantitative estimate of drug-likeness (QED) is 0.902. The van der Waals surface area contributed by atoms with Gasteiger partial charge in [0.25, 0.3) is 0 Å². The van der Waals surface area contributed by atoms with Crippen LogP contribution in [0.15, 0.2) is 28.9 Å². The first-order valence-corrected chi connectivity index (χ1v) is 5.82. The summed E-state index contributed by atoms with van der Waals surface area (Å²) in [5.41, 5.74) is 0.333. The summed E-state index contributed by atoms with van der Waals surface area (Å²) in [6, 6.07) is 5.48. The summed E-state index contributed by atoms with van der Waals surface area (Å²) in [4.78, 5) is 11.5. The summed E-state index contributed by atoms with van der Waals surface area (Å²) in [5, 5.41) is 10.2. The fourth-order valence-electron chi connectivity index (χ4n) is 2.08. The number of aliphatic carboxylic acids is 1. The number of hydrogen-bond acceptors (Lipinski definition) is 3. The van der Waals surface area contributed by atoms with Crippen LogP contribution in [0.3, 0.4) is 0 Å². The summed E-state index contributed by atoms with van der Waals surface area (Å²) < 4.78 is 10.7. The molecule has 0 aliphatic heterocycles. The van der Waals surface area contributed by atoms with Gasteiger partial charge in [-0.1, -0.05) is 19.1 Å². The highest BCUT2D eigenvalue weighted by Gasteiger charge is 2.36. The molecule has 4 nitrogen and oxygen atoms in total. The van der Waals surface area contributed by atoms with Crippen molar-refractivity contribution >= 4 is 16.9 Å². The molecular weight excluding hydrogens is 232 g/mol. The normalized spacial score (nSPS) is 14.4. The molecular formula is C14H16O4. The van der Waals surface area contributed by atoms with Gasteiger partial charge >= 0.3 is 5.97 Å². The number of fused-ring (bicyclic) bond motifs is 1. The zero-order chi connectivity index (χ0) is 13.3. The van der Waals surface area contributed by atoms with Crippen LogP contribution in [0.4, 0.5) is 0 Å². The van der Waals surface area contributed by atoms with E-state index in [4.69, 9.17) is 9.15 Å². The highest BCUT2D eigenvalue weighted by atomic mass is 16.5. The molecule has 0 radical (unpaired) electrons. The minimum Gasteiger partial charge on any atom is -0.493 e. The van der Waals surface area contributed by atoms with Crippen molar-refractivity contribution in [2.24, 2.45) is 0 Å². The summed E-state index contributed by atoms with van der Waals surface area (Å²) in [6.07, 6.45) is 2.01. The Kier molecular flexibility index (Phi) is 3.03. The zero-order valence-corrected chi connectivity index (χ0v) is 10.7. The minimum absolute atomic E-state index is 0.494. The Morgan fingerprint density at radius 3 is 2.78 bits per heavy atom. The lowest BCUT2D eigenvalue weighted by Crippen LogP contribution is -2.31. The fraction of sp³-hybridized carbons (Fsp3) is 0.357. The molecule has 1 atom stereocenters. The molecule has 0 fully saturated rings. The van der Waals surface area contributed by atoms with Crippen LogP contribution in [0.2, 0.25) is 0 Å². The second kappa shape index (κ2) is 4.37.